The Bertz CT molecular complexity index is 211. The molecule has 16 heavy (non-hydrogen) atoms. The predicted octanol–water partition coefficient (Wildman–Crippen LogP) is 4.34. The Kier molecular flexibility index (Phi) is 4.34. The van der Waals surface area contributed by atoms with Crippen LogP contribution in [0.5, 0.6) is 0 Å². The van der Waals surface area contributed by atoms with E-state index in [0.717, 1.165) is 10.5 Å². The van der Waals surface area contributed by atoms with Crippen LogP contribution in [0.25, 0.3) is 0 Å². The van der Waals surface area contributed by atoms with Crippen molar-refractivity contribution in [2.24, 2.45) is 0 Å². The standard InChI is InChI=1S/C12H20S4/c1-2-4-12(5-3-1,15-8-10-6-13-10)16-9-11-7-14-11/h10-11H,1-9H2. The summed E-state index contributed by atoms with van der Waals surface area (Å²) in [5.74, 6) is 5.73. The summed E-state index contributed by atoms with van der Waals surface area (Å²) < 4.78 is 0.630. The van der Waals surface area contributed by atoms with Gasteiger partial charge in [-0.25, -0.2) is 0 Å². The number of thioether (sulfide) groups is 4. The van der Waals surface area contributed by atoms with E-state index in [2.05, 4.69) is 47.0 Å². The zero-order chi connectivity index (χ0) is 10.8. The molecule has 0 amide bonds. The van der Waals surface area contributed by atoms with Gasteiger partial charge in [0, 0.05) is 33.5 Å². The van der Waals surface area contributed by atoms with Gasteiger partial charge in [-0.15, -0.1) is 23.5 Å². The third-order valence-electron chi connectivity index (χ3n) is 3.48. The van der Waals surface area contributed by atoms with E-state index in [1.54, 1.807) is 0 Å². The van der Waals surface area contributed by atoms with Crippen LogP contribution < -0.4 is 0 Å². The van der Waals surface area contributed by atoms with Crippen molar-refractivity contribution in [2.45, 2.75) is 46.7 Å². The first-order chi connectivity index (χ1) is 7.86. The summed E-state index contributed by atoms with van der Waals surface area (Å²) in [6, 6.07) is 0. The molecule has 2 aliphatic heterocycles. The molecule has 0 aromatic carbocycles. The Hall–Kier alpha value is 1.40. The molecule has 0 N–H and O–H groups in total. The van der Waals surface area contributed by atoms with Gasteiger partial charge in [-0.3, -0.25) is 0 Å². The number of hydrogen-bond acceptors (Lipinski definition) is 4. The van der Waals surface area contributed by atoms with Crippen LogP contribution in [0.2, 0.25) is 0 Å². The van der Waals surface area contributed by atoms with E-state index in [-0.39, 0.29) is 0 Å². The zero-order valence-electron chi connectivity index (χ0n) is 9.65. The summed E-state index contributed by atoms with van der Waals surface area (Å²) in [6.07, 6.45) is 7.42. The van der Waals surface area contributed by atoms with E-state index >= 15 is 0 Å². The maximum absolute atomic E-state index is 2.32. The molecule has 3 rings (SSSR count). The monoisotopic (exact) mass is 292 g/mol. The second-order valence-corrected chi connectivity index (χ2v) is 10.7. The largest absolute Gasteiger partial charge is 0.156 e. The highest BCUT2D eigenvalue weighted by molar-refractivity contribution is 8.19. The topological polar surface area (TPSA) is 0 Å². The first kappa shape index (κ1) is 12.4. The van der Waals surface area contributed by atoms with Crippen LogP contribution in [0.1, 0.15) is 32.1 Å². The lowest BCUT2D eigenvalue weighted by Crippen LogP contribution is -2.26. The number of hydrogen-bond donors (Lipinski definition) is 0. The first-order valence-electron chi connectivity index (χ1n) is 6.37. The van der Waals surface area contributed by atoms with Crippen LogP contribution in [0, 0.1) is 0 Å². The van der Waals surface area contributed by atoms with Gasteiger partial charge < -0.3 is 0 Å². The molecule has 0 bridgehead atoms. The molecule has 1 aliphatic carbocycles. The summed E-state index contributed by atoms with van der Waals surface area (Å²) in [6.45, 7) is 0. The third-order valence-corrected chi connectivity index (χ3v) is 9.56. The van der Waals surface area contributed by atoms with Gasteiger partial charge in [0.2, 0.25) is 0 Å². The smallest absolute Gasteiger partial charge is 0.0611 e. The van der Waals surface area contributed by atoms with Crippen LogP contribution in [0.4, 0.5) is 0 Å². The van der Waals surface area contributed by atoms with Crippen molar-refractivity contribution in [1.82, 2.24) is 0 Å². The Balaban J connectivity index is 1.50. The van der Waals surface area contributed by atoms with Crippen LogP contribution >= 0.6 is 47.0 Å². The van der Waals surface area contributed by atoms with Gasteiger partial charge in [0.05, 0.1) is 4.08 Å². The Morgan fingerprint density at radius 3 is 1.81 bits per heavy atom. The molecule has 1 saturated carbocycles. The normalized spacial score (nSPS) is 36.0. The highest BCUT2D eigenvalue weighted by atomic mass is 32.2. The van der Waals surface area contributed by atoms with E-state index in [0.29, 0.717) is 4.08 Å². The molecule has 0 nitrogen and oxygen atoms in total. The van der Waals surface area contributed by atoms with Gasteiger partial charge in [-0.05, 0) is 12.8 Å². The van der Waals surface area contributed by atoms with Gasteiger partial charge in [-0.2, -0.15) is 23.5 Å². The fourth-order valence-corrected chi connectivity index (χ4v) is 7.33. The molecular weight excluding hydrogens is 272 g/mol. The van der Waals surface area contributed by atoms with Gasteiger partial charge in [-0.1, -0.05) is 19.3 Å². The van der Waals surface area contributed by atoms with E-state index in [1.807, 2.05) is 0 Å². The van der Waals surface area contributed by atoms with Crippen LogP contribution in [-0.2, 0) is 0 Å². The average molecular weight is 293 g/mol. The van der Waals surface area contributed by atoms with E-state index in [4.69, 9.17) is 0 Å². The summed E-state index contributed by atoms with van der Waals surface area (Å²) in [5.41, 5.74) is 0. The lowest BCUT2D eigenvalue weighted by Gasteiger charge is -2.36. The Labute approximate surface area is 116 Å². The molecule has 3 aliphatic rings. The second-order valence-electron chi connectivity index (χ2n) is 5.00. The highest BCUT2D eigenvalue weighted by Gasteiger charge is 2.37. The summed E-state index contributed by atoms with van der Waals surface area (Å²) in [4.78, 5) is 0. The number of rotatable bonds is 6. The molecule has 3 fully saturated rings. The minimum absolute atomic E-state index is 0.630. The summed E-state index contributed by atoms with van der Waals surface area (Å²) in [7, 11) is 0. The maximum Gasteiger partial charge on any atom is 0.0611 e. The Morgan fingerprint density at radius 2 is 1.38 bits per heavy atom. The molecule has 2 saturated heterocycles. The van der Waals surface area contributed by atoms with Crippen LogP contribution in [0.3, 0.4) is 0 Å². The molecule has 0 radical (unpaired) electrons. The van der Waals surface area contributed by atoms with Crippen molar-refractivity contribution >= 4 is 47.0 Å². The SMILES string of the molecule is C1CCC(SCC2CS2)(SCC2CS2)CC1. The highest BCUT2D eigenvalue weighted by Crippen LogP contribution is 2.52. The van der Waals surface area contributed by atoms with Gasteiger partial charge in [0.1, 0.15) is 0 Å². The molecule has 92 valence electrons. The molecule has 2 atom stereocenters. The van der Waals surface area contributed by atoms with Gasteiger partial charge >= 0.3 is 0 Å². The van der Waals surface area contributed by atoms with Gasteiger partial charge in [0.25, 0.3) is 0 Å². The van der Waals surface area contributed by atoms with Crippen LogP contribution in [-0.4, -0.2) is 37.6 Å². The van der Waals surface area contributed by atoms with Crippen molar-refractivity contribution in [1.29, 1.82) is 0 Å². The third kappa shape index (κ3) is 3.69. The predicted molar refractivity (Wildman–Crippen MR) is 83.2 cm³/mol. The molecule has 2 unspecified atom stereocenters. The molecule has 2 heterocycles. The van der Waals surface area contributed by atoms with Crippen molar-refractivity contribution in [2.75, 3.05) is 23.0 Å². The fraction of sp³-hybridized carbons (Fsp3) is 1.00. The molecule has 0 spiro atoms. The minimum Gasteiger partial charge on any atom is -0.156 e. The molecule has 0 aromatic rings. The Morgan fingerprint density at radius 1 is 0.875 bits per heavy atom. The van der Waals surface area contributed by atoms with Crippen molar-refractivity contribution in [3.8, 4) is 0 Å². The van der Waals surface area contributed by atoms with Crippen LogP contribution in [0.15, 0.2) is 0 Å². The van der Waals surface area contributed by atoms with Crippen molar-refractivity contribution in [3.63, 3.8) is 0 Å². The lowest BCUT2D eigenvalue weighted by molar-refractivity contribution is 0.490. The lowest BCUT2D eigenvalue weighted by atomic mass is 10.00. The minimum atomic E-state index is 0.630. The van der Waals surface area contributed by atoms with Crippen molar-refractivity contribution < 1.29 is 0 Å². The van der Waals surface area contributed by atoms with E-state index in [1.165, 1.54) is 55.1 Å². The molecular formula is C12H20S4. The summed E-state index contributed by atoms with van der Waals surface area (Å²) in [5, 5.41) is 2.03. The van der Waals surface area contributed by atoms with E-state index in [9.17, 15) is 0 Å². The second kappa shape index (κ2) is 5.58. The maximum atomic E-state index is 2.32. The molecule has 4 heteroatoms. The van der Waals surface area contributed by atoms with Gasteiger partial charge in [0.15, 0.2) is 0 Å². The van der Waals surface area contributed by atoms with E-state index < -0.39 is 0 Å². The first-order valence-corrected chi connectivity index (χ1v) is 10.4. The van der Waals surface area contributed by atoms with Crippen molar-refractivity contribution in [3.05, 3.63) is 0 Å². The fourth-order valence-electron chi connectivity index (χ4n) is 2.24. The quantitative estimate of drug-likeness (QED) is 0.527. The summed E-state index contributed by atoms with van der Waals surface area (Å²) >= 11 is 8.95. The average Bonchev–Trinajstić information content (AvgIpc) is 3.18. The zero-order valence-corrected chi connectivity index (χ0v) is 12.9. The molecule has 0 aromatic heterocycles.